The predicted octanol–water partition coefficient (Wildman–Crippen LogP) is -0.403. The lowest BCUT2D eigenvalue weighted by Crippen LogP contribution is -2.43. The molecule has 18 heavy (non-hydrogen) atoms. The average molecular weight is 259 g/mol. The summed E-state index contributed by atoms with van der Waals surface area (Å²) in [6, 6.07) is 0. The zero-order chi connectivity index (χ0) is 13.8. The molecule has 0 saturated carbocycles. The van der Waals surface area contributed by atoms with Crippen molar-refractivity contribution in [3.63, 3.8) is 0 Å². The summed E-state index contributed by atoms with van der Waals surface area (Å²) < 4.78 is 4.84. The molecule has 0 spiro atoms. The Balaban J connectivity index is 3.64. The van der Waals surface area contributed by atoms with Crippen LogP contribution in [0.3, 0.4) is 0 Å². The molecule has 0 unspecified atom stereocenters. The molecule has 0 atom stereocenters. The van der Waals surface area contributed by atoms with Gasteiger partial charge in [0.2, 0.25) is 0 Å². The second-order valence-corrected chi connectivity index (χ2v) is 3.89. The summed E-state index contributed by atoms with van der Waals surface area (Å²) in [6.07, 6.45) is 0.703. The maximum Gasteiger partial charge on any atom is 0.309 e. The molecule has 6 heteroatoms. The van der Waals surface area contributed by atoms with E-state index in [1.54, 1.807) is 7.11 Å². The molecule has 0 aromatic rings. The quantitative estimate of drug-likeness (QED) is 0.436. The van der Waals surface area contributed by atoms with Crippen LogP contribution in [0.4, 0.5) is 0 Å². The van der Waals surface area contributed by atoms with E-state index in [9.17, 15) is 9.59 Å². The first-order valence-electron chi connectivity index (χ1n) is 6.43. The van der Waals surface area contributed by atoms with Gasteiger partial charge in [0.1, 0.15) is 0 Å². The third-order valence-corrected chi connectivity index (χ3v) is 2.63. The Morgan fingerprint density at radius 3 is 2.11 bits per heavy atom. The van der Waals surface area contributed by atoms with Crippen molar-refractivity contribution in [2.24, 2.45) is 0 Å². The molecule has 0 heterocycles. The fraction of sp³-hybridized carbons (Fsp3) is 0.833. The average Bonchev–Trinajstić information content (AvgIpc) is 2.39. The number of nitrogens with zero attached hydrogens (tertiary/aromatic N) is 1. The van der Waals surface area contributed by atoms with Crippen LogP contribution in [0.2, 0.25) is 0 Å². The van der Waals surface area contributed by atoms with Gasteiger partial charge >= 0.3 is 11.8 Å². The van der Waals surface area contributed by atoms with Crippen molar-refractivity contribution in [3.8, 4) is 0 Å². The van der Waals surface area contributed by atoms with Gasteiger partial charge in [-0.05, 0) is 19.5 Å². The number of rotatable bonds is 9. The summed E-state index contributed by atoms with van der Waals surface area (Å²) in [4.78, 5) is 24.9. The van der Waals surface area contributed by atoms with Gasteiger partial charge in [-0.1, -0.05) is 13.8 Å². The van der Waals surface area contributed by atoms with Crippen LogP contribution in [0.15, 0.2) is 0 Å². The van der Waals surface area contributed by atoms with E-state index in [0.29, 0.717) is 26.1 Å². The molecule has 0 aliphatic carbocycles. The predicted molar refractivity (Wildman–Crippen MR) is 70.3 cm³/mol. The summed E-state index contributed by atoms with van der Waals surface area (Å²) in [5.41, 5.74) is 0. The molecular formula is C12H25N3O3. The molecule has 6 nitrogen and oxygen atoms in total. The van der Waals surface area contributed by atoms with E-state index in [1.165, 1.54) is 0 Å². The third-order valence-electron chi connectivity index (χ3n) is 2.63. The van der Waals surface area contributed by atoms with Crippen molar-refractivity contribution >= 4 is 11.8 Å². The molecule has 0 aromatic heterocycles. The summed E-state index contributed by atoms with van der Waals surface area (Å²) in [6.45, 7) is 8.29. The number of hydrogen-bond donors (Lipinski definition) is 2. The molecular weight excluding hydrogens is 234 g/mol. The largest absolute Gasteiger partial charge is 0.385 e. The lowest BCUT2D eigenvalue weighted by Gasteiger charge is -2.17. The number of carbonyl (C=O) groups excluding carboxylic acids is 2. The third kappa shape index (κ3) is 8.03. The summed E-state index contributed by atoms with van der Waals surface area (Å²) >= 11 is 0. The molecule has 0 radical (unpaired) electrons. The molecule has 0 bridgehead atoms. The minimum absolute atomic E-state index is 0.455. The van der Waals surface area contributed by atoms with E-state index < -0.39 is 11.8 Å². The van der Waals surface area contributed by atoms with Gasteiger partial charge < -0.3 is 20.3 Å². The lowest BCUT2D eigenvalue weighted by molar-refractivity contribution is -0.139. The fourth-order valence-corrected chi connectivity index (χ4v) is 1.45. The van der Waals surface area contributed by atoms with E-state index in [2.05, 4.69) is 29.4 Å². The lowest BCUT2D eigenvalue weighted by atomic mass is 10.4. The monoisotopic (exact) mass is 259 g/mol. The molecule has 106 valence electrons. The summed E-state index contributed by atoms with van der Waals surface area (Å²) in [5, 5.41) is 5.14. The first-order chi connectivity index (χ1) is 8.65. The second-order valence-electron chi connectivity index (χ2n) is 3.89. The zero-order valence-corrected chi connectivity index (χ0v) is 11.6. The van der Waals surface area contributed by atoms with Crippen molar-refractivity contribution in [1.82, 2.24) is 15.5 Å². The van der Waals surface area contributed by atoms with Gasteiger partial charge in [-0.2, -0.15) is 0 Å². The topological polar surface area (TPSA) is 70.7 Å². The maximum absolute atomic E-state index is 11.4. The Kier molecular flexibility index (Phi) is 10.3. The van der Waals surface area contributed by atoms with Crippen LogP contribution in [0, 0.1) is 0 Å². The Morgan fingerprint density at radius 1 is 1.06 bits per heavy atom. The Labute approximate surface area is 109 Å². The first kappa shape index (κ1) is 16.9. The van der Waals surface area contributed by atoms with Crippen molar-refractivity contribution in [1.29, 1.82) is 0 Å². The Morgan fingerprint density at radius 2 is 1.61 bits per heavy atom. The van der Waals surface area contributed by atoms with Crippen LogP contribution < -0.4 is 10.6 Å². The fourth-order valence-electron chi connectivity index (χ4n) is 1.45. The van der Waals surface area contributed by atoms with Gasteiger partial charge in [0.15, 0.2) is 0 Å². The molecule has 2 amide bonds. The first-order valence-corrected chi connectivity index (χ1v) is 6.43. The number of ether oxygens (including phenoxy) is 1. The number of hydrogen-bond acceptors (Lipinski definition) is 4. The highest BCUT2D eigenvalue weighted by atomic mass is 16.5. The minimum Gasteiger partial charge on any atom is -0.385 e. The van der Waals surface area contributed by atoms with Crippen LogP contribution >= 0.6 is 0 Å². The van der Waals surface area contributed by atoms with E-state index in [1.807, 2.05) is 0 Å². The highest BCUT2D eigenvalue weighted by molar-refractivity contribution is 6.35. The second kappa shape index (κ2) is 11.0. The maximum atomic E-state index is 11.4. The normalized spacial score (nSPS) is 10.4. The summed E-state index contributed by atoms with van der Waals surface area (Å²) in [5.74, 6) is -1.15. The van der Waals surface area contributed by atoms with Crippen LogP contribution in [0.25, 0.3) is 0 Å². The molecule has 0 rings (SSSR count). The molecule has 0 aliphatic rings. The minimum atomic E-state index is -0.578. The van der Waals surface area contributed by atoms with Crippen molar-refractivity contribution in [3.05, 3.63) is 0 Å². The van der Waals surface area contributed by atoms with Crippen LogP contribution in [-0.4, -0.2) is 63.2 Å². The van der Waals surface area contributed by atoms with Crippen molar-refractivity contribution in [2.75, 3.05) is 46.4 Å². The van der Waals surface area contributed by atoms with Gasteiger partial charge in [0.25, 0.3) is 0 Å². The van der Waals surface area contributed by atoms with Crippen LogP contribution in [0.1, 0.15) is 20.3 Å². The molecule has 0 fully saturated rings. The molecule has 0 saturated heterocycles. The van der Waals surface area contributed by atoms with E-state index in [0.717, 1.165) is 19.6 Å². The van der Waals surface area contributed by atoms with Gasteiger partial charge in [-0.3, -0.25) is 9.59 Å². The Bertz CT molecular complexity index is 243. The number of methoxy groups -OCH3 is 1. The highest BCUT2D eigenvalue weighted by Gasteiger charge is 2.11. The number of amides is 2. The van der Waals surface area contributed by atoms with E-state index >= 15 is 0 Å². The number of nitrogens with one attached hydrogen (secondary N) is 2. The van der Waals surface area contributed by atoms with Crippen molar-refractivity contribution in [2.45, 2.75) is 20.3 Å². The number of carbonyl (C=O) groups is 2. The van der Waals surface area contributed by atoms with Crippen molar-refractivity contribution < 1.29 is 14.3 Å². The van der Waals surface area contributed by atoms with Crippen LogP contribution in [0.5, 0.6) is 0 Å². The highest BCUT2D eigenvalue weighted by Crippen LogP contribution is 1.84. The zero-order valence-electron chi connectivity index (χ0n) is 11.6. The summed E-state index contributed by atoms with van der Waals surface area (Å²) in [7, 11) is 1.60. The Hall–Kier alpha value is -1.14. The van der Waals surface area contributed by atoms with Gasteiger partial charge in [0.05, 0.1) is 0 Å². The van der Waals surface area contributed by atoms with E-state index in [4.69, 9.17) is 4.74 Å². The molecule has 0 aliphatic heterocycles. The van der Waals surface area contributed by atoms with Gasteiger partial charge in [-0.15, -0.1) is 0 Å². The smallest absolute Gasteiger partial charge is 0.309 e. The van der Waals surface area contributed by atoms with Gasteiger partial charge in [-0.25, -0.2) is 0 Å². The van der Waals surface area contributed by atoms with Crippen LogP contribution in [-0.2, 0) is 14.3 Å². The van der Waals surface area contributed by atoms with Gasteiger partial charge in [0, 0.05) is 33.4 Å². The SMILES string of the molecule is CCN(CC)CCNC(=O)C(=O)NCCCOC. The number of likely N-dealkylation sites (N-methyl/N-ethyl adjacent to an activating group) is 1. The van der Waals surface area contributed by atoms with E-state index in [-0.39, 0.29) is 0 Å². The molecule has 0 aromatic carbocycles. The standard InChI is InChI=1S/C12H25N3O3/c1-4-15(5-2)9-8-14-12(17)11(16)13-7-6-10-18-3/h4-10H2,1-3H3,(H,13,16)(H,14,17). The molecule has 2 N–H and O–H groups in total.